The summed E-state index contributed by atoms with van der Waals surface area (Å²) in [5.41, 5.74) is 0.255. The predicted octanol–water partition coefficient (Wildman–Crippen LogP) is 1.46. The van der Waals surface area contributed by atoms with E-state index in [9.17, 15) is 13.2 Å². The Bertz CT molecular complexity index is 494. The zero-order chi connectivity index (χ0) is 16.4. The first-order chi connectivity index (χ1) is 10.2. The molecule has 128 valence electrons. The van der Waals surface area contributed by atoms with Crippen molar-refractivity contribution in [3.63, 3.8) is 0 Å². The number of nitrogens with one attached hydrogen (secondary N) is 2. The third kappa shape index (κ3) is 4.59. The van der Waals surface area contributed by atoms with Crippen LogP contribution in [0.4, 0.5) is 4.79 Å². The van der Waals surface area contributed by atoms with Crippen molar-refractivity contribution >= 4 is 15.9 Å². The van der Waals surface area contributed by atoms with Crippen molar-refractivity contribution in [1.29, 1.82) is 0 Å². The van der Waals surface area contributed by atoms with Gasteiger partial charge < -0.3 is 15.4 Å². The Kier molecular flexibility index (Phi) is 5.37. The number of sulfone groups is 1. The second-order valence-electron chi connectivity index (χ2n) is 7.29. The molecular formula is C15H28N2O4S. The summed E-state index contributed by atoms with van der Waals surface area (Å²) in [6.45, 7) is 7.37. The lowest BCUT2D eigenvalue weighted by molar-refractivity contribution is -0.0505. The molecule has 0 aromatic heterocycles. The Morgan fingerprint density at radius 3 is 2.59 bits per heavy atom. The molecule has 0 radical (unpaired) electrons. The molecule has 2 aliphatic heterocycles. The molecule has 2 heterocycles. The molecule has 2 rings (SSSR count). The second-order valence-corrected chi connectivity index (χ2v) is 9.77. The molecule has 2 fully saturated rings. The van der Waals surface area contributed by atoms with Crippen LogP contribution in [0.2, 0.25) is 0 Å². The van der Waals surface area contributed by atoms with Gasteiger partial charge in [0.1, 0.15) is 0 Å². The molecule has 0 bridgehead atoms. The molecule has 22 heavy (non-hydrogen) atoms. The summed E-state index contributed by atoms with van der Waals surface area (Å²) in [6.07, 6.45) is 3.66. The largest absolute Gasteiger partial charge is 0.378 e. The van der Waals surface area contributed by atoms with E-state index in [2.05, 4.69) is 24.5 Å². The number of carbonyl (C=O) groups excluding carboxylic acids is 1. The van der Waals surface area contributed by atoms with E-state index in [-0.39, 0.29) is 29.3 Å². The van der Waals surface area contributed by atoms with Gasteiger partial charge in [0.2, 0.25) is 0 Å². The SMILES string of the molecule is C[C@@H]1[C@H](NC(=O)NCCC2CCC(C)(C)CO2)CCS1(=O)=O. The number of rotatable bonds is 4. The average Bonchev–Trinajstić information content (AvgIpc) is 2.68. The summed E-state index contributed by atoms with van der Waals surface area (Å²) in [6, 6.07) is -0.568. The Hall–Kier alpha value is -0.820. The van der Waals surface area contributed by atoms with Gasteiger partial charge in [0, 0.05) is 12.6 Å². The van der Waals surface area contributed by atoms with E-state index in [4.69, 9.17) is 4.74 Å². The van der Waals surface area contributed by atoms with Gasteiger partial charge in [-0.2, -0.15) is 0 Å². The zero-order valence-corrected chi connectivity index (χ0v) is 14.5. The second kappa shape index (κ2) is 6.74. The van der Waals surface area contributed by atoms with Crippen molar-refractivity contribution in [3.8, 4) is 0 Å². The molecule has 0 aromatic rings. The monoisotopic (exact) mass is 332 g/mol. The molecule has 2 aliphatic rings. The molecule has 2 N–H and O–H groups in total. The zero-order valence-electron chi connectivity index (χ0n) is 13.7. The highest BCUT2D eigenvalue weighted by Crippen LogP contribution is 2.30. The summed E-state index contributed by atoms with van der Waals surface area (Å²) in [7, 11) is -3.03. The van der Waals surface area contributed by atoms with Crippen LogP contribution in [0.5, 0.6) is 0 Å². The van der Waals surface area contributed by atoms with E-state index >= 15 is 0 Å². The maximum absolute atomic E-state index is 11.8. The van der Waals surface area contributed by atoms with Crippen LogP contribution in [-0.2, 0) is 14.6 Å². The van der Waals surface area contributed by atoms with Gasteiger partial charge in [-0.25, -0.2) is 13.2 Å². The highest BCUT2D eigenvalue weighted by Gasteiger charge is 2.37. The molecule has 6 nitrogen and oxygen atoms in total. The Labute approximate surface area is 133 Å². The van der Waals surface area contributed by atoms with Crippen LogP contribution < -0.4 is 10.6 Å². The summed E-state index contributed by atoms with van der Waals surface area (Å²) < 4.78 is 29.1. The van der Waals surface area contributed by atoms with Gasteiger partial charge >= 0.3 is 6.03 Å². The van der Waals surface area contributed by atoms with Gasteiger partial charge in [-0.3, -0.25) is 0 Å². The van der Waals surface area contributed by atoms with Crippen LogP contribution in [-0.4, -0.2) is 50.7 Å². The topological polar surface area (TPSA) is 84.5 Å². The lowest BCUT2D eigenvalue weighted by Crippen LogP contribution is -2.46. The molecule has 0 aromatic carbocycles. The molecule has 2 amide bonds. The predicted molar refractivity (Wildman–Crippen MR) is 85.6 cm³/mol. The first kappa shape index (κ1) is 17.5. The first-order valence-corrected chi connectivity index (χ1v) is 9.79. The molecule has 1 unspecified atom stereocenters. The molecule has 7 heteroatoms. The average molecular weight is 332 g/mol. The van der Waals surface area contributed by atoms with E-state index in [0.29, 0.717) is 13.0 Å². The summed E-state index contributed by atoms with van der Waals surface area (Å²) in [5.74, 6) is 0.158. The van der Waals surface area contributed by atoms with E-state index < -0.39 is 15.1 Å². The minimum Gasteiger partial charge on any atom is -0.378 e. The van der Waals surface area contributed by atoms with Gasteiger partial charge in [0.25, 0.3) is 0 Å². The maximum Gasteiger partial charge on any atom is 0.315 e. The first-order valence-electron chi connectivity index (χ1n) is 8.07. The lowest BCUT2D eigenvalue weighted by Gasteiger charge is -2.34. The van der Waals surface area contributed by atoms with Gasteiger partial charge in [-0.05, 0) is 38.0 Å². The number of amides is 2. The molecule has 0 saturated carbocycles. The smallest absolute Gasteiger partial charge is 0.315 e. The van der Waals surface area contributed by atoms with Crippen molar-refractivity contribution in [2.24, 2.45) is 5.41 Å². The highest BCUT2D eigenvalue weighted by molar-refractivity contribution is 7.92. The van der Waals surface area contributed by atoms with Gasteiger partial charge in [-0.1, -0.05) is 13.8 Å². The standard InChI is InChI=1S/C15H28N2O4S/c1-11-13(6-9-22(11,19)20)17-14(18)16-8-5-12-4-7-15(2,3)10-21-12/h11-13H,4-10H2,1-3H3,(H2,16,17,18)/t11-,12?,13-/m1/s1. The summed E-state index contributed by atoms with van der Waals surface area (Å²) in [5, 5.41) is 5.07. The van der Waals surface area contributed by atoms with Crippen molar-refractivity contribution in [2.45, 2.75) is 63.9 Å². The lowest BCUT2D eigenvalue weighted by atomic mass is 9.85. The van der Waals surface area contributed by atoms with Crippen molar-refractivity contribution < 1.29 is 17.9 Å². The molecule has 3 atom stereocenters. The number of urea groups is 1. The fourth-order valence-electron chi connectivity index (χ4n) is 3.00. The minimum atomic E-state index is -3.03. The van der Waals surface area contributed by atoms with E-state index in [1.807, 2.05) is 0 Å². The third-order valence-electron chi connectivity index (χ3n) is 4.77. The van der Waals surface area contributed by atoms with Gasteiger partial charge in [0.15, 0.2) is 9.84 Å². The number of hydrogen-bond donors (Lipinski definition) is 2. The van der Waals surface area contributed by atoms with Crippen LogP contribution in [0.25, 0.3) is 0 Å². The Morgan fingerprint density at radius 2 is 2.05 bits per heavy atom. The van der Waals surface area contributed by atoms with Crippen LogP contribution in [0.1, 0.15) is 46.5 Å². The van der Waals surface area contributed by atoms with E-state index in [1.54, 1.807) is 6.92 Å². The van der Waals surface area contributed by atoms with Crippen molar-refractivity contribution in [2.75, 3.05) is 18.9 Å². The van der Waals surface area contributed by atoms with E-state index in [1.165, 1.54) is 0 Å². The highest BCUT2D eigenvalue weighted by atomic mass is 32.2. The van der Waals surface area contributed by atoms with Crippen LogP contribution in [0, 0.1) is 5.41 Å². The summed E-state index contributed by atoms with van der Waals surface area (Å²) >= 11 is 0. The normalized spacial score (nSPS) is 33.3. The number of carbonyl (C=O) groups is 1. The molecule has 0 spiro atoms. The fraction of sp³-hybridized carbons (Fsp3) is 0.933. The minimum absolute atomic E-state index is 0.158. The van der Waals surface area contributed by atoms with Crippen molar-refractivity contribution in [1.82, 2.24) is 10.6 Å². The van der Waals surface area contributed by atoms with Gasteiger partial charge in [-0.15, -0.1) is 0 Å². The van der Waals surface area contributed by atoms with Crippen LogP contribution in [0.3, 0.4) is 0 Å². The third-order valence-corrected chi connectivity index (χ3v) is 7.03. The van der Waals surface area contributed by atoms with Crippen molar-refractivity contribution in [3.05, 3.63) is 0 Å². The van der Waals surface area contributed by atoms with E-state index in [0.717, 1.165) is 25.9 Å². The Morgan fingerprint density at radius 1 is 1.32 bits per heavy atom. The number of ether oxygens (including phenoxy) is 1. The van der Waals surface area contributed by atoms with Crippen LogP contribution in [0.15, 0.2) is 0 Å². The maximum atomic E-state index is 11.8. The summed E-state index contributed by atoms with van der Waals surface area (Å²) in [4.78, 5) is 11.8. The molecular weight excluding hydrogens is 304 g/mol. The quantitative estimate of drug-likeness (QED) is 0.816. The molecule has 0 aliphatic carbocycles. The fourth-order valence-corrected chi connectivity index (χ4v) is 4.66. The Balaban J connectivity index is 1.65. The van der Waals surface area contributed by atoms with Crippen LogP contribution >= 0.6 is 0 Å². The number of hydrogen-bond acceptors (Lipinski definition) is 4. The molecule has 2 saturated heterocycles. The van der Waals surface area contributed by atoms with Gasteiger partial charge in [0.05, 0.1) is 23.7 Å².